The summed E-state index contributed by atoms with van der Waals surface area (Å²) in [7, 11) is 0. The van der Waals surface area contributed by atoms with Gasteiger partial charge in [-0.2, -0.15) is 13.2 Å². The van der Waals surface area contributed by atoms with Crippen LogP contribution in [0.1, 0.15) is 24.4 Å². The van der Waals surface area contributed by atoms with Gasteiger partial charge in [-0.1, -0.05) is 0 Å². The lowest BCUT2D eigenvalue weighted by Crippen LogP contribution is -2.11. The van der Waals surface area contributed by atoms with Gasteiger partial charge in [-0.15, -0.1) is 0 Å². The molecule has 72 valence electrons. The van der Waals surface area contributed by atoms with Crippen molar-refractivity contribution >= 4 is 0 Å². The molecule has 0 saturated heterocycles. The molecule has 13 heavy (non-hydrogen) atoms. The van der Waals surface area contributed by atoms with E-state index in [4.69, 9.17) is 5.11 Å². The molecule has 0 aliphatic heterocycles. The number of aromatic nitrogens is 2. The predicted octanol–water partition coefficient (Wildman–Crippen LogP) is 1.55. The minimum atomic E-state index is -4.53. The van der Waals surface area contributed by atoms with Crippen LogP contribution in [0.5, 0.6) is 0 Å². The number of hydrogen-bond acceptors (Lipinski definition) is 3. The van der Waals surface area contributed by atoms with E-state index in [9.17, 15) is 13.2 Å². The molecular weight excluding hydrogens is 185 g/mol. The predicted molar refractivity (Wildman–Crippen MR) is 37.7 cm³/mol. The highest BCUT2D eigenvalue weighted by molar-refractivity contribution is 5.08. The Morgan fingerprint density at radius 1 is 1.31 bits per heavy atom. The topological polar surface area (TPSA) is 46.0 Å². The lowest BCUT2D eigenvalue weighted by molar-refractivity contribution is -0.145. The molecule has 0 aromatic carbocycles. The van der Waals surface area contributed by atoms with Crippen molar-refractivity contribution in [2.45, 2.75) is 19.2 Å². The van der Waals surface area contributed by atoms with E-state index in [1.54, 1.807) is 0 Å². The molecule has 1 heterocycles. The van der Waals surface area contributed by atoms with Crippen molar-refractivity contribution in [3.05, 3.63) is 23.8 Å². The molecule has 1 rings (SSSR count). The van der Waals surface area contributed by atoms with Gasteiger partial charge in [0, 0.05) is 18.0 Å². The fourth-order valence-electron chi connectivity index (χ4n) is 0.700. The van der Waals surface area contributed by atoms with E-state index in [-0.39, 0.29) is 5.56 Å². The average molecular weight is 192 g/mol. The van der Waals surface area contributed by atoms with Gasteiger partial charge in [0.2, 0.25) is 5.82 Å². The van der Waals surface area contributed by atoms with Gasteiger partial charge >= 0.3 is 6.18 Å². The van der Waals surface area contributed by atoms with E-state index >= 15 is 0 Å². The SMILES string of the molecule is C[C@H](O)c1cnc(C(F)(F)F)nc1. The summed E-state index contributed by atoms with van der Waals surface area (Å²) in [4.78, 5) is 6.15. The quantitative estimate of drug-likeness (QED) is 0.734. The van der Waals surface area contributed by atoms with Crippen molar-refractivity contribution in [2.75, 3.05) is 0 Å². The molecule has 0 unspecified atom stereocenters. The summed E-state index contributed by atoms with van der Waals surface area (Å²) in [5.41, 5.74) is 0.257. The van der Waals surface area contributed by atoms with Crippen LogP contribution < -0.4 is 0 Å². The van der Waals surface area contributed by atoms with Crippen LogP contribution in [0.15, 0.2) is 12.4 Å². The van der Waals surface area contributed by atoms with Gasteiger partial charge in [-0.3, -0.25) is 0 Å². The third-order valence-corrected chi connectivity index (χ3v) is 1.41. The van der Waals surface area contributed by atoms with Crippen molar-refractivity contribution in [3.63, 3.8) is 0 Å². The van der Waals surface area contributed by atoms with Gasteiger partial charge in [-0.25, -0.2) is 9.97 Å². The number of hydrogen-bond donors (Lipinski definition) is 1. The molecule has 0 spiro atoms. The van der Waals surface area contributed by atoms with E-state index in [1.807, 2.05) is 0 Å². The first-order chi connectivity index (χ1) is 5.91. The molecule has 1 aromatic rings. The molecule has 6 heteroatoms. The van der Waals surface area contributed by atoms with E-state index in [2.05, 4.69) is 9.97 Å². The van der Waals surface area contributed by atoms with Crippen molar-refractivity contribution < 1.29 is 18.3 Å². The van der Waals surface area contributed by atoms with Gasteiger partial charge in [0.25, 0.3) is 0 Å². The lowest BCUT2D eigenvalue weighted by Gasteiger charge is -2.06. The zero-order chi connectivity index (χ0) is 10.1. The fraction of sp³-hybridized carbons (Fsp3) is 0.429. The molecule has 0 bridgehead atoms. The second kappa shape index (κ2) is 3.29. The van der Waals surface area contributed by atoms with E-state index < -0.39 is 18.1 Å². The van der Waals surface area contributed by atoms with E-state index in [0.717, 1.165) is 12.4 Å². The van der Waals surface area contributed by atoms with Crippen LogP contribution in [0, 0.1) is 0 Å². The lowest BCUT2D eigenvalue weighted by atomic mass is 10.2. The van der Waals surface area contributed by atoms with Gasteiger partial charge in [0.1, 0.15) is 0 Å². The van der Waals surface area contributed by atoms with Crippen molar-refractivity contribution in [3.8, 4) is 0 Å². The Hall–Kier alpha value is -1.17. The van der Waals surface area contributed by atoms with Crippen LogP contribution in [-0.4, -0.2) is 15.1 Å². The number of rotatable bonds is 1. The Kier molecular flexibility index (Phi) is 2.51. The smallest absolute Gasteiger partial charge is 0.389 e. The highest BCUT2D eigenvalue weighted by atomic mass is 19.4. The van der Waals surface area contributed by atoms with Gasteiger partial charge in [0.15, 0.2) is 0 Å². The maximum absolute atomic E-state index is 11.9. The Bertz CT molecular complexity index is 281. The third kappa shape index (κ3) is 2.38. The summed E-state index contributed by atoms with van der Waals surface area (Å²) in [6.07, 6.45) is -3.47. The van der Waals surface area contributed by atoms with Gasteiger partial charge < -0.3 is 5.11 Å². The van der Waals surface area contributed by atoms with Crippen molar-refractivity contribution in [1.82, 2.24) is 9.97 Å². The molecule has 1 atom stereocenters. The summed E-state index contributed by atoms with van der Waals surface area (Å²) in [6.45, 7) is 1.42. The monoisotopic (exact) mass is 192 g/mol. The van der Waals surface area contributed by atoms with Crippen LogP contribution >= 0.6 is 0 Å². The second-order valence-corrected chi connectivity index (χ2v) is 2.51. The summed E-state index contributed by atoms with van der Waals surface area (Å²) < 4.78 is 35.8. The largest absolute Gasteiger partial charge is 0.451 e. The third-order valence-electron chi connectivity index (χ3n) is 1.41. The van der Waals surface area contributed by atoms with Crippen LogP contribution in [0.25, 0.3) is 0 Å². The number of halogens is 3. The summed E-state index contributed by atoms with van der Waals surface area (Å²) in [5, 5.41) is 8.96. The minimum Gasteiger partial charge on any atom is -0.389 e. The van der Waals surface area contributed by atoms with Crippen LogP contribution in [-0.2, 0) is 6.18 Å². The molecule has 0 amide bonds. The highest BCUT2D eigenvalue weighted by Gasteiger charge is 2.34. The standard InChI is InChI=1S/C7H7F3N2O/c1-4(13)5-2-11-6(12-3-5)7(8,9)10/h2-4,13H,1H3/t4-/m0/s1. The van der Waals surface area contributed by atoms with Crippen LogP contribution in [0.2, 0.25) is 0 Å². The average Bonchev–Trinajstić information content (AvgIpc) is 2.03. The van der Waals surface area contributed by atoms with E-state index in [0.29, 0.717) is 0 Å². The molecule has 0 saturated carbocycles. The van der Waals surface area contributed by atoms with Crippen LogP contribution in [0.3, 0.4) is 0 Å². The van der Waals surface area contributed by atoms with Crippen LogP contribution in [0.4, 0.5) is 13.2 Å². The summed E-state index contributed by atoms with van der Waals surface area (Å²) in [5.74, 6) is -1.20. The summed E-state index contributed by atoms with van der Waals surface area (Å²) >= 11 is 0. The molecule has 0 fully saturated rings. The molecule has 0 radical (unpaired) electrons. The second-order valence-electron chi connectivity index (χ2n) is 2.51. The summed E-state index contributed by atoms with van der Waals surface area (Å²) in [6, 6.07) is 0. The highest BCUT2D eigenvalue weighted by Crippen LogP contribution is 2.25. The Morgan fingerprint density at radius 2 is 1.77 bits per heavy atom. The zero-order valence-electron chi connectivity index (χ0n) is 6.71. The first kappa shape index (κ1) is 9.91. The van der Waals surface area contributed by atoms with Gasteiger partial charge in [0.05, 0.1) is 6.10 Å². The maximum Gasteiger partial charge on any atom is 0.451 e. The molecule has 1 aromatic heterocycles. The van der Waals surface area contributed by atoms with E-state index in [1.165, 1.54) is 6.92 Å². The number of alkyl halides is 3. The fourth-order valence-corrected chi connectivity index (χ4v) is 0.700. The first-order valence-electron chi connectivity index (χ1n) is 3.48. The van der Waals surface area contributed by atoms with Crippen molar-refractivity contribution in [2.24, 2.45) is 0 Å². The minimum absolute atomic E-state index is 0.257. The Morgan fingerprint density at radius 3 is 2.08 bits per heavy atom. The molecular formula is C7H7F3N2O. The molecule has 1 N–H and O–H groups in total. The Labute approximate surface area is 72.3 Å². The Balaban J connectivity index is 2.94. The normalized spacial score (nSPS) is 14.2. The molecule has 0 aliphatic carbocycles. The van der Waals surface area contributed by atoms with Gasteiger partial charge in [-0.05, 0) is 6.92 Å². The van der Waals surface area contributed by atoms with Crippen molar-refractivity contribution in [1.29, 1.82) is 0 Å². The molecule has 3 nitrogen and oxygen atoms in total. The maximum atomic E-state index is 11.9. The number of aliphatic hydroxyl groups is 1. The zero-order valence-corrected chi connectivity index (χ0v) is 6.71. The first-order valence-corrected chi connectivity index (χ1v) is 3.48. The molecule has 0 aliphatic rings. The number of aliphatic hydroxyl groups excluding tert-OH is 1. The number of nitrogens with zero attached hydrogens (tertiary/aromatic N) is 2.